The Labute approximate surface area is 160 Å². The maximum Gasteiger partial charge on any atom is 0.308 e. The smallest absolute Gasteiger partial charge is 0.308 e. The molecule has 0 bridgehead atoms. The molecule has 0 aliphatic heterocycles. The van der Waals surface area contributed by atoms with Crippen molar-refractivity contribution in [2.24, 2.45) is 0 Å². The zero-order valence-electron chi connectivity index (χ0n) is 14.9. The summed E-state index contributed by atoms with van der Waals surface area (Å²) in [6.45, 7) is -0.493. The van der Waals surface area contributed by atoms with Crippen LogP contribution >= 0.6 is 0 Å². The van der Waals surface area contributed by atoms with Crippen LogP contribution in [-0.4, -0.2) is 48.9 Å². The Morgan fingerprint density at radius 1 is 1.11 bits per heavy atom. The lowest BCUT2D eigenvalue weighted by molar-refractivity contribution is -0.151. The number of amides is 2. The standard InChI is InChI=1S/C18H18F2N4O4/c19-13-3-4-14(15(20)11-13)18(27)23-8-5-17(26)28-12-16(25)24(9-1-6-21)10-2-7-22/h3-4,11H,1-2,5,8-10,12H2,(H,23,27). The number of carbonyl (C=O) groups is 3. The molecule has 0 radical (unpaired) electrons. The molecule has 1 aromatic carbocycles. The topological polar surface area (TPSA) is 123 Å². The highest BCUT2D eigenvalue weighted by molar-refractivity contribution is 5.94. The number of carbonyl (C=O) groups excluding carboxylic acids is 3. The van der Waals surface area contributed by atoms with E-state index in [2.05, 4.69) is 5.32 Å². The number of esters is 1. The van der Waals surface area contributed by atoms with Gasteiger partial charge < -0.3 is 15.0 Å². The molecule has 0 aromatic heterocycles. The van der Waals surface area contributed by atoms with Crippen LogP contribution in [0.3, 0.4) is 0 Å². The largest absolute Gasteiger partial charge is 0.456 e. The average molecular weight is 392 g/mol. The predicted molar refractivity (Wildman–Crippen MR) is 91.3 cm³/mol. The normalized spacial score (nSPS) is 9.71. The molecule has 0 aliphatic rings. The number of ether oxygens (including phenoxy) is 1. The van der Waals surface area contributed by atoms with Crippen molar-refractivity contribution in [3.8, 4) is 12.1 Å². The van der Waals surface area contributed by atoms with Gasteiger partial charge in [0.2, 0.25) is 0 Å². The molecule has 28 heavy (non-hydrogen) atoms. The van der Waals surface area contributed by atoms with E-state index in [1.165, 1.54) is 4.90 Å². The van der Waals surface area contributed by atoms with Crippen molar-refractivity contribution < 1.29 is 27.9 Å². The predicted octanol–water partition coefficient (Wildman–Crippen LogP) is 1.28. The van der Waals surface area contributed by atoms with E-state index in [-0.39, 0.29) is 44.5 Å². The monoisotopic (exact) mass is 392 g/mol. The average Bonchev–Trinajstić information content (AvgIpc) is 2.66. The van der Waals surface area contributed by atoms with E-state index in [9.17, 15) is 23.2 Å². The zero-order chi connectivity index (χ0) is 20.9. The summed E-state index contributed by atoms with van der Waals surface area (Å²) in [5.74, 6) is -3.98. The maximum absolute atomic E-state index is 13.5. The molecule has 1 aromatic rings. The number of hydrogen-bond acceptors (Lipinski definition) is 6. The Kier molecular flexibility index (Phi) is 9.62. The summed E-state index contributed by atoms with van der Waals surface area (Å²) in [4.78, 5) is 36.7. The van der Waals surface area contributed by atoms with Crippen LogP contribution in [0.2, 0.25) is 0 Å². The van der Waals surface area contributed by atoms with Crippen LogP contribution in [-0.2, 0) is 14.3 Å². The Morgan fingerprint density at radius 3 is 2.32 bits per heavy atom. The van der Waals surface area contributed by atoms with Gasteiger partial charge in [0.15, 0.2) is 6.61 Å². The minimum Gasteiger partial charge on any atom is -0.456 e. The summed E-state index contributed by atoms with van der Waals surface area (Å²) in [5.41, 5.74) is -0.365. The van der Waals surface area contributed by atoms with E-state index < -0.39 is 36.0 Å². The van der Waals surface area contributed by atoms with Gasteiger partial charge in [0.1, 0.15) is 11.6 Å². The number of nitriles is 2. The summed E-state index contributed by atoms with van der Waals surface area (Å²) in [5, 5.41) is 19.4. The van der Waals surface area contributed by atoms with Gasteiger partial charge in [-0.15, -0.1) is 0 Å². The Hall–Kier alpha value is -3.53. The van der Waals surface area contributed by atoms with Crippen molar-refractivity contribution in [2.45, 2.75) is 19.3 Å². The molecule has 0 aliphatic carbocycles. The summed E-state index contributed by atoms with van der Waals surface area (Å²) in [6.07, 6.45) is -0.105. The van der Waals surface area contributed by atoms with Crippen molar-refractivity contribution in [2.75, 3.05) is 26.2 Å². The van der Waals surface area contributed by atoms with Crippen molar-refractivity contribution in [1.29, 1.82) is 10.5 Å². The van der Waals surface area contributed by atoms with Gasteiger partial charge in [-0.3, -0.25) is 14.4 Å². The van der Waals surface area contributed by atoms with E-state index in [0.717, 1.165) is 12.1 Å². The van der Waals surface area contributed by atoms with Gasteiger partial charge in [-0.05, 0) is 12.1 Å². The van der Waals surface area contributed by atoms with Crippen LogP contribution in [0.25, 0.3) is 0 Å². The molecule has 1 N–H and O–H groups in total. The SMILES string of the molecule is N#CCCN(CCC#N)C(=O)COC(=O)CCNC(=O)c1ccc(F)cc1F. The van der Waals surface area contributed by atoms with Gasteiger partial charge in [0.05, 0.1) is 37.0 Å². The van der Waals surface area contributed by atoms with Crippen molar-refractivity contribution in [3.63, 3.8) is 0 Å². The van der Waals surface area contributed by atoms with Gasteiger partial charge in [-0.1, -0.05) is 0 Å². The first-order valence-corrected chi connectivity index (χ1v) is 8.29. The summed E-state index contributed by atoms with van der Waals surface area (Å²) >= 11 is 0. The van der Waals surface area contributed by atoms with Crippen LogP contribution in [0.15, 0.2) is 18.2 Å². The summed E-state index contributed by atoms with van der Waals surface area (Å²) < 4.78 is 31.1. The van der Waals surface area contributed by atoms with Gasteiger partial charge in [-0.2, -0.15) is 10.5 Å². The maximum atomic E-state index is 13.5. The van der Waals surface area contributed by atoms with Gasteiger partial charge in [0, 0.05) is 25.7 Å². The second-order valence-corrected chi connectivity index (χ2v) is 5.49. The van der Waals surface area contributed by atoms with Crippen LogP contribution in [0.4, 0.5) is 8.78 Å². The van der Waals surface area contributed by atoms with Crippen molar-refractivity contribution in [1.82, 2.24) is 10.2 Å². The molecular formula is C18H18F2N4O4. The molecule has 0 saturated heterocycles. The summed E-state index contributed by atoms with van der Waals surface area (Å²) in [6, 6.07) is 6.24. The van der Waals surface area contributed by atoms with Crippen molar-refractivity contribution >= 4 is 17.8 Å². The number of hydrogen-bond donors (Lipinski definition) is 1. The fourth-order valence-electron chi connectivity index (χ4n) is 2.08. The molecule has 0 spiro atoms. The van der Waals surface area contributed by atoms with E-state index >= 15 is 0 Å². The van der Waals surface area contributed by atoms with Crippen LogP contribution in [0.5, 0.6) is 0 Å². The molecule has 2 amide bonds. The summed E-state index contributed by atoms with van der Waals surface area (Å²) in [7, 11) is 0. The first-order chi connectivity index (χ1) is 13.4. The molecule has 0 unspecified atom stereocenters. The molecule has 148 valence electrons. The molecule has 1 rings (SSSR count). The highest BCUT2D eigenvalue weighted by Gasteiger charge is 2.16. The number of halogens is 2. The third-order valence-corrected chi connectivity index (χ3v) is 3.49. The molecule has 8 nitrogen and oxygen atoms in total. The first-order valence-electron chi connectivity index (χ1n) is 8.29. The molecule has 0 heterocycles. The Balaban J connectivity index is 2.39. The van der Waals surface area contributed by atoms with E-state index in [0.29, 0.717) is 6.07 Å². The third kappa shape index (κ3) is 7.79. The minimum atomic E-state index is -1.03. The quantitative estimate of drug-likeness (QED) is 0.599. The van der Waals surface area contributed by atoms with Gasteiger partial charge >= 0.3 is 5.97 Å². The fourth-order valence-corrected chi connectivity index (χ4v) is 2.08. The van der Waals surface area contributed by atoms with Crippen LogP contribution in [0, 0.1) is 34.3 Å². The van der Waals surface area contributed by atoms with E-state index in [4.69, 9.17) is 15.3 Å². The number of benzene rings is 1. The second-order valence-electron chi connectivity index (χ2n) is 5.49. The van der Waals surface area contributed by atoms with E-state index in [1.54, 1.807) is 0 Å². The lowest BCUT2D eigenvalue weighted by atomic mass is 10.2. The molecule has 0 atom stereocenters. The minimum absolute atomic E-state index is 0.0804. The van der Waals surface area contributed by atoms with E-state index in [1.807, 2.05) is 12.1 Å². The molecule has 10 heteroatoms. The Morgan fingerprint density at radius 2 is 1.75 bits per heavy atom. The first kappa shape index (κ1) is 22.5. The van der Waals surface area contributed by atoms with Crippen LogP contribution in [0.1, 0.15) is 29.6 Å². The highest BCUT2D eigenvalue weighted by Crippen LogP contribution is 2.09. The molecular weight excluding hydrogens is 374 g/mol. The molecule has 0 saturated carbocycles. The van der Waals surface area contributed by atoms with Gasteiger partial charge in [-0.25, -0.2) is 8.78 Å². The highest BCUT2D eigenvalue weighted by atomic mass is 19.1. The van der Waals surface area contributed by atoms with Gasteiger partial charge in [0.25, 0.3) is 11.8 Å². The number of rotatable bonds is 10. The lowest BCUT2D eigenvalue weighted by Gasteiger charge is -2.20. The van der Waals surface area contributed by atoms with Crippen LogP contribution < -0.4 is 5.32 Å². The molecule has 0 fully saturated rings. The Bertz CT molecular complexity index is 784. The second kappa shape index (κ2) is 12.0. The van der Waals surface area contributed by atoms with Crippen molar-refractivity contribution in [3.05, 3.63) is 35.4 Å². The third-order valence-electron chi connectivity index (χ3n) is 3.49. The fraction of sp³-hybridized carbons (Fsp3) is 0.389. The lowest BCUT2D eigenvalue weighted by Crippen LogP contribution is -2.36. The number of nitrogens with one attached hydrogen (secondary N) is 1. The number of nitrogens with zero attached hydrogens (tertiary/aromatic N) is 3. The zero-order valence-corrected chi connectivity index (χ0v) is 14.9.